The molecule has 9 heavy (non-hydrogen) atoms. The Morgan fingerprint density at radius 2 is 2.56 bits per heavy atom. The summed E-state index contributed by atoms with van der Waals surface area (Å²) >= 11 is 0. The standard InChI is InChI=1S/C6H9NO2/c1-3-4-2-9-5(8)6(3,4)7/h3-4H,2,7H2,1H3/t3?,4-,6-/m0/s1. The van der Waals surface area contributed by atoms with Gasteiger partial charge in [0.1, 0.15) is 5.54 Å². The Morgan fingerprint density at radius 3 is 2.78 bits per heavy atom. The van der Waals surface area contributed by atoms with Crippen LogP contribution in [0.25, 0.3) is 0 Å². The number of esters is 1. The lowest BCUT2D eigenvalue weighted by atomic mass is 10.2. The number of rotatable bonds is 0. The van der Waals surface area contributed by atoms with E-state index in [1.807, 2.05) is 6.92 Å². The average molecular weight is 127 g/mol. The molecular weight excluding hydrogens is 118 g/mol. The number of hydrogen-bond donors (Lipinski definition) is 1. The van der Waals surface area contributed by atoms with Crippen LogP contribution in [0.1, 0.15) is 6.92 Å². The molecule has 0 radical (unpaired) electrons. The van der Waals surface area contributed by atoms with Crippen LogP contribution in [0.15, 0.2) is 0 Å². The maximum absolute atomic E-state index is 10.8. The van der Waals surface area contributed by atoms with E-state index < -0.39 is 5.54 Å². The van der Waals surface area contributed by atoms with Gasteiger partial charge in [0.05, 0.1) is 6.61 Å². The largest absolute Gasteiger partial charge is 0.464 e. The molecule has 1 saturated heterocycles. The highest BCUT2D eigenvalue weighted by atomic mass is 16.5. The Balaban J connectivity index is 2.31. The molecule has 3 heteroatoms. The number of cyclic esters (lactones) is 1. The van der Waals surface area contributed by atoms with Crippen LogP contribution in [0.2, 0.25) is 0 Å². The molecule has 1 aliphatic carbocycles. The summed E-state index contributed by atoms with van der Waals surface area (Å²) in [6.45, 7) is 2.53. The maximum Gasteiger partial charge on any atom is 0.326 e. The molecule has 0 spiro atoms. The van der Waals surface area contributed by atoms with Crippen molar-refractivity contribution in [2.45, 2.75) is 12.5 Å². The zero-order valence-electron chi connectivity index (χ0n) is 5.26. The fraction of sp³-hybridized carbons (Fsp3) is 0.833. The molecule has 1 aliphatic heterocycles. The predicted octanol–water partition coefficient (Wildman–Crippen LogP) is -0.493. The van der Waals surface area contributed by atoms with Gasteiger partial charge in [-0.15, -0.1) is 0 Å². The number of ether oxygens (including phenoxy) is 1. The van der Waals surface area contributed by atoms with Crippen LogP contribution < -0.4 is 5.73 Å². The summed E-state index contributed by atoms with van der Waals surface area (Å²) in [6.07, 6.45) is 0. The van der Waals surface area contributed by atoms with Crippen molar-refractivity contribution in [1.29, 1.82) is 0 Å². The molecule has 3 nitrogen and oxygen atoms in total. The zero-order chi connectivity index (χ0) is 6.65. The molecule has 1 unspecified atom stereocenters. The first-order valence-electron chi connectivity index (χ1n) is 3.13. The molecular formula is C6H9NO2. The lowest BCUT2D eigenvalue weighted by Gasteiger charge is -2.02. The summed E-state index contributed by atoms with van der Waals surface area (Å²) in [5, 5.41) is 0. The number of carbonyl (C=O) groups excluding carboxylic acids is 1. The average Bonchev–Trinajstić information content (AvgIpc) is 2.15. The van der Waals surface area contributed by atoms with Crippen LogP contribution >= 0.6 is 0 Å². The molecule has 1 heterocycles. The predicted molar refractivity (Wildman–Crippen MR) is 30.5 cm³/mol. The van der Waals surface area contributed by atoms with E-state index in [9.17, 15) is 4.79 Å². The van der Waals surface area contributed by atoms with Crippen LogP contribution in [-0.4, -0.2) is 18.1 Å². The molecule has 1 saturated carbocycles. The highest BCUT2D eigenvalue weighted by Gasteiger charge is 2.70. The molecule has 0 aromatic rings. The van der Waals surface area contributed by atoms with Crippen molar-refractivity contribution in [3.8, 4) is 0 Å². The van der Waals surface area contributed by atoms with Gasteiger partial charge in [-0.3, -0.25) is 4.79 Å². The number of fused-ring (bicyclic) bond motifs is 1. The summed E-state index contributed by atoms with van der Waals surface area (Å²) in [4.78, 5) is 10.8. The van der Waals surface area contributed by atoms with Gasteiger partial charge in [-0.05, 0) is 5.92 Å². The van der Waals surface area contributed by atoms with E-state index in [0.717, 1.165) is 0 Å². The van der Waals surface area contributed by atoms with Crippen molar-refractivity contribution >= 4 is 5.97 Å². The summed E-state index contributed by atoms with van der Waals surface area (Å²) in [5.74, 6) is 0.448. The highest BCUT2D eigenvalue weighted by molar-refractivity contribution is 5.88. The van der Waals surface area contributed by atoms with Gasteiger partial charge < -0.3 is 10.5 Å². The molecule has 0 bridgehead atoms. The topological polar surface area (TPSA) is 52.3 Å². The molecule has 2 aliphatic rings. The molecule has 0 amide bonds. The van der Waals surface area contributed by atoms with E-state index >= 15 is 0 Å². The second kappa shape index (κ2) is 1.14. The van der Waals surface area contributed by atoms with E-state index in [1.54, 1.807) is 0 Å². The molecule has 0 aromatic carbocycles. The van der Waals surface area contributed by atoms with Crippen LogP contribution in [0.5, 0.6) is 0 Å². The van der Waals surface area contributed by atoms with E-state index in [2.05, 4.69) is 0 Å². The molecule has 3 atom stereocenters. The van der Waals surface area contributed by atoms with Crippen LogP contribution in [0.4, 0.5) is 0 Å². The molecule has 2 rings (SSSR count). The molecule has 2 N–H and O–H groups in total. The van der Waals surface area contributed by atoms with E-state index in [-0.39, 0.29) is 5.97 Å². The minimum Gasteiger partial charge on any atom is -0.464 e. The lowest BCUT2D eigenvalue weighted by molar-refractivity contribution is -0.142. The third kappa shape index (κ3) is 0.367. The van der Waals surface area contributed by atoms with Crippen molar-refractivity contribution < 1.29 is 9.53 Å². The van der Waals surface area contributed by atoms with Crippen molar-refractivity contribution in [3.63, 3.8) is 0 Å². The summed E-state index contributed by atoms with van der Waals surface area (Å²) in [6, 6.07) is 0. The lowest BCUT2D eigenvalue weighted by Crippen LogP contribution is -2.33. The van der Waals surface area contributed by atoms with E-state index in [1.165, 1.54) is 0 Å². The minimum atomic E-state index is -0.583. The van der Waals surface area contributed by atoms with Crippen LogP contribution in [0.3, 0.4) is 0 Å². The smallest absolute Gasteiger partial charge is 0.326 e. The SMILES string of the molecule is CC1[C@@H]2COC(=O)[C@]12N. The van der Waals surface area contributed by atoms with Gasteiger partial charge in [-0.25, -0.2) is 0 Å². The number of nitrogens with two attached hydrogens (primary N) is 1. The molecule has 0 aromatic heterocycles. The highest BCUT2D eigenvalue weighted by Crippen LogP contribution is 2.52. The summed E-state index contributed by atoms with van der Waals surface area (Å²) < 4.78 is 4.72. The molecule has 50 valence electrons. The Kier molecular flexibility index (Phi) is 0.662. The Bertz CT molecular complexity index is 180. The van der Waals surface area contributed by atoms with E-state index in [0.29, 0.717) is 18.4 Å². The molecule has 2 fully saturated rings. The quantitative estimate of drug-likeness (QED) is 0.446. The van der Waals surface area contributed by atoms with Gasteiger partial charge in [-0.2, -0.15) is 0 Å². The van der Waals surface area contributed by atoms with Crippen LogP contribution in [-0.2, 0) is 9.53 Å². The summed E-state index contributed by atoms with van der Waals surface area (Å²) in [5.41, 5.74) is 5.08. The first kappa shape index (κ1) is 5.23. The van der Waals surface area contributed by atoms with Crippen LogP contribution in [0, 0.1) is 11.8 Å². The maximum atomic E-state index is 10.8. The van der Waals surface area contributed by atoms with Gasteiger partial charge >= 0.3 is 5.97 Å². The Morgan fingerprint density at radius 1 is 1.89 bits per heavy atom. The summed E-state index contributed by atoms with van der Waals surface area (Å²) in [7, 11) is 0. The van der Waals surface area contributed by atoms with Gasteiger partial charge in [0.15, 0.2) is 0 Å². The number of hydrogen-bond acceptors (Lipinski definition) is 3. The Labute approximate surface area is 53.2 Å². The zero-order valence-corrected chi connectivity index (χ0v) is 5.26. The first-order chi connectivity index (χ1) is 4.17. The van der Waals surface area contributed by atoms with Crippen molar-refractivity contribution in [2.75, 3.05) is 6.61 Å². The number of carbonyl (C=O) groups is 1. The fourth-order valence-electron chi connectivity index (χ4n) is 1.59. The van der Waals surface area contributed by atoms with Crippen molar-refractivity contribution in [1.82, 2.24) is 0 Å². The van der Waals surface area contributed by atoms with E-state index in [4.69, 9.17) is 10.5 Å². The minimum absolute atomic E-state index is 0.208. The Hall–Kier alpha value is -0.570. The second-order valence-electron chi connectivity index (χ2n) is 2.93. The van der Waals surface area contributed by atoms with Gasteiger partial charge in [-0.1, -0.05) is 6.92 Å². The normalized spacial score (nSPS) is 54.7. The second-order valence-corrected chi connectivity index (χ2v) is 2.93. The monoisotopic (exact) mass is 127 g/mol. The third-order valence-electron chi connectivity index (χ3n) is 2.61. The van der Waals surface area contributed by atoms with Gasteiger partial charge in [0.2, 0.25) is 0 Å². The third-order valence-corrected chi connectivity index (χ3v) is 2.61. The van der Waals surface area contributed by atoms with Gasteiger partial charge in [0, 0.05) is 5.92 Å². The van der Waals surface area contributed by atoms with Gasteiger partial charge in [0.25, 0.3) is 0 Å². The van der Waals surface area contributed by atoms with Crippen molar-refractivity contribution in [3.05, 3.63) is 0 Å². The van der Waals surface area contributed by atoms with Crippen molar-refractivity contribution in [2.24, 2.45) is 17.6 Å². The fourth-order valence-corrected chi connectivity index (χ4v) is 1.59. The first-order valence-corrected chi connectivity index (χ1v) is 3.13.